The van der Waals surface area contributed by atoms with Crippen molar-refractivity contribution in [2.24, 2.45) is 0 Å². The van der Waals surface area contributed by atoms with Crippen molar-refractivity contribution in [2.75, 3.05) is 4.90 Å². The maximum Gasteiger partial charge on any atom is 0.159 e. The Morgan fingerprint density at radius 2 is 1.08 bits per heavy atom. The minimum absolute atomic E-state index is 0.846. The highest BCUT2D eigenvalue weighted by atomic mass is 32.1. The average Bonchev–Trinajstić information content (AvgIpc) is 3.79. The molecular formula is C47H30N2OS. The number of rotatable bonds is 6. The van der Waals surface area contributed by atoms with Crippen LogP contribution in [0.5, 0.6) is 0 Å². The highest BCUT2D eigenvalue weighted by Gasteiger charge is 2.21. The molecule has 0 saturated heterocycles. The molecule has 0 N–H and O–H groups in total. The predicted octanol–water partition coefficient (Wildman–Crippen LogP) is 13.8. The van der Waals surface area contributed by atoms with E-state index in [0.717, 1.165) is 59.8 Å². The van der Waals surface area contributed by atoms with Gasteiger partial charge in [0.2, 0.25) is 0 Å². The molecule has 0 amide bonds. The molecule has 0 spiro atoms. The lowest BCUT2D eigenvalue weighted by atomic mass is 9.98. The highest BCUT2D eigenvalue weighted by molar-refractivity contribution is 7.21. The number of aromatic nitrogens is 1. The fourth-order valence-corrected chi connectivity index (χ4v) is 8.19. The van der Waals surface area contributed by atoms with E-state index >= 15 is 0 Å². The maximum absolute atomic E-state index is 6.80. The van der Waals surface area contributed by atoms with Gasteiger partial charge in [0, 0.05) is 33.8 Å². The van der Waals surface area contributed by atoms with Gasteiger partial charge in [-0.1, -0.05) is 140 Å². The van der Waals surface area contributed by atoms with Gasteiger partial charge in [0.15, 0.2) is 5.58 Å². The molecule has 0 bridgehead atoms. The molecule has 2 heterocycles. The van der Waals surface area contributed by atoms with Gasteiger partial charge in [-0.05, 0) is 69.4 Å². The normalized spacial score (nSPS) is 11.5. The molecular weight excluding hydrogens is 641 g/mol. The third kappa shape index (κ3) is 5.16. The minimum Gasteiger partial charge on any atom is -0.454 e. The first kappa shape index (κ1) is 29.4. The van der Waals surface area contributed by atoms with E-state index < -0.39 is 0 Å². The minimum atomic E-state index is 0.846. The number of furan rings is 1. The van der Waals surface area contributed by atoms with Crippen molar-refractivity contribution in [3.63, 3.8) is 0 Å². The smallest absolute Gasteiger partial charge is 0.159 e. The van der Waals surface area contributed by atoms with Gasteiger partial charge >= 0.3 is 0 Å². The van der Waals surface area contributed by atoms with Crippen LogP contribution in [0.15, 0.2) is 186 Å². The summed E-state index contributed by atoms with van der Waals surface area (Å²) in [6.07, 6.45) is 0. The molecule has 2 aromatic heterocycles. The van der Waals surface area contributed by atoms with E-state index in [4.69, 9.17) is 9.40 Å². The molecule has 10 rings (SSSR count). The van der Waals surface area contributed by atoms with E-state index in [1.807, 2.05) is 6.07 Å². The number of anilines is 3. The van der Waals surface area contributed by atoms with Crippen LogP contribution in [-0.4, -0.2) is 4.98 Å². The molecule has 51 heavy (non-hydrogen) atoms. The first-order valence-corrected chi connectivity index (χ1v) is 17.9. The zero-order chi connectivity index (χ0) is 33.7. The molecule has 10 aromatic rings. The van der Waals surface area contributed by atoms with Crippen LogP contribution in [0.1, 0.15) is 0 Å². The summed E-state index contributed by atoms with van der Waals surface area (Å²) >= 11 is 1.70. The van der Waals surface area contributed by atoms with Crippen LogP contribution in [0, 0.1) is 0 Å². The van der Waals surface area contributed by atoms with Crippen LogP contribution in [0.4, 0.5) is 17.1 Å². The van der Waals surface area contributed by atoms with Crippen molar-refractivity contribution >= 4 is 71.3 Å². The molecule has 0 unspecified atom stereocenters. The number of benzene rings is 8. The third-order valence-corrected chi connectivity index (χ3v) is 10.8. The van der Waals surface area contributed by atoms with Crippen molar-refractivity contribution in [3.8, 4) is 32.8 Å². The summed E-state index contributed by atoms with van der Waals surface area (Å²) in [6.45, 7) is 0. The SMILES string of the molecule is c1ccc(-c2ccc(N(c3ccc(-c4cccc5ccccc45)cc3)c3cccc4c3oc3cc5sc(-c6ccccc6)nc5cc34)cc2)cc1. The van der Waals surface area contributed by atoms with E-state index in [-0.39, 0.29) is 0 Å². The quantitative estimate of drug-likeness (QED) is 0.176. The van der Waals surface area contributed by atoms with E-state index in [0.29, 0.717) is 0 Å². The molecule has 0 atom stereocenters. The Kier molecular flexibility index (Phi) is 7.00. The van der Waals surface area contributed by atoms with Crippen molar-refractivity contribution in [2.45, 2.75) is 0 Å². The zero-order valence-corrected chi connectivity index (χ0v) is 28.3. The van der Waals surface area contributed by atoms with Gasteiger partial charge in [0.1, 0.15) is 10.6 Å². The van der Waals surface area contributed by atoms with Gasteiger partial charge in [-0.25, -0.2) is 4.98 Å². The third-order valence-electron chi connectivity index (χ3n) is 9.71. The number of thiazole rings is 1. The summed E-state index contributed by atoms with van der Waals surface area (Å²) in [7, 11) is 0. The largest absolute Gasteiger partial charge is 0.454 e. The van der Waals surface area contributed by atoms with Gasteiger partial charge in [0.05, 0.1) is 15.9 Å². The van der Waals surface area contributed by atoms with Gasteiger partial charge in [-0.15, -0.1) is 11.3 Å². The Hall–Kier alpha value is -6.49. The number of hydrogen-bond donors (Lipinski definition) is 0. The molecule has 3 nitrogen and oxygen atoms in total. The molecule has 0 aliphatic heterocycles. The fraction of sp³-hybridized carbons (Fsp3) is 0. The lowest BCUT2D eigenvalue weighted by molar-refractivity contribution is 0.669. The van der Waals surface area contributed by atoms with Crippen molar-refractivity contribution < 1.29 is 4.42 Å². The molecule has 0 saturated carbocycles. The van der Waals surface area contributed by atoms with Gasteiger partial charge in [-0.3, -0.25) is 0 Å². The molecule has 0 aliphatic rings. The Morgan fingerprint density at radius 3 is 1.84 bits per heavy atom. The number of fused-ring (bicyclic) bond motifs is 5. The summed E-state index contributed by atoms with van der Waals surface area (Å²) in [5, 5.41) is 5.63. The molecule has 0 radical (unpaired) electrons. The van der Waals surface area contributed by atoms with E-state index in [2.05, 4.69) is 181 Å². The Labute approximate surface area is 299 Å². The standard InChI is InChI=1S/C47H30N2OS/c1-3-11-31(12-4-1)32-21-25-36(26-22-32)49(37-27-23-34(24-28-37)39-18-9-16-33-13-7-8-17-38(33)39)43-20-10-19-40-41-29-42-45(30-44(41)50-46(40)43)51-47(48-42)35-14-5-2-6-15-35/h1-30H. The monoisotopic (exact) mass is 670 g/mol. The van der Waals surface area contributed by atoms with E-state index in [1.165, 1.54) is 33.0 Å². The van der Waals surface area contributed by atoms with Gasteiger partial charge in [0.25, 0.3) is 0 Å². The predicted molar refractivity (Wildman–Crippen MR) is 215 cm³/mol. The second kappa shape index (κ2) is 12.1. The number of hydrogen-bond acceptors (Lipinski definition) is 4. The summed E-state index contributed by atoms with van der Waals surface area (Å²) in [4.78, 5) is 7.33. The van der Waals surface area contributed by atoms with Crippen LogP contribution in [0.3, 0.4) is 0 Å². The molecule has 240 valence electrons. The summed E-state index contributed by atoms with van der Waals surface area (Å²) in [6, 6.07) is 64.4. The molecule has 8 aromatic carbocycles. The van der Waals surface area contributed by atoms with Crippen molar-refractivity contribution in [1.29, 1.82) is 0 Å². The summed E-state index contributed by atoms with van der Waals surface area (Å²) in [5.74, 6) is 0. The zero-order valence-electron chi connectivity index (χ0n) is 27.5. The summed E-state index contributed by atoms with van der Waals surface area (Å²) in [5.41, 5.74) is 11.7. The van der Waals surface area contributed by atoms with Crippen LogP contribution in [0.2, 0.25) is 0 Å². The van der Waals surface area contributed by atoms with Crippen LogP contribution in [-0.2, 0) is 0 Å². The maximum atomic E-state index is 6.80. The second-order valence-corrected chi connectivity index (χ2v) is 13.8. The van der Waals surface area contributed by atoms with E-state index in [9.17, 15) is 0 Å². The lowest BCUT2D eigenvalue weighted by Gasteiger charge is -2.26. The lowest BCUT2D eigenvalue weighted by Crippen LogP contribution is -2.10. The van der Waals surface area contributed by atoms with Gasteiger partial charge in [-0.2, -0.15) is 0 Å². The van der Waals surface area contributed by atoms with Gasteiger partial charge < -0.3 is 9.32 Å². The van der Waals surface area contributed by atoms with Crippen LogP contribution in [0.25, 0.3) is 75.8 Å². The molecule has 0 aliphatic carbocycles. The van der Waals surface area contributed by atoms with Crippen LogP contribution < -0.4 is 4.90 Å². The molecule has 0 fully saturated rings. The Morgan fingerprint density at radius 1 is 0.471 bits per heavy atom. The number of para-hydroxylation sites is 1. The second-order valence-electron chi connectivity index (χ2n) is 12.8. The highest BCUT2D eigenvalue weighted by Crippen LogP contribution is 2.44. The van der Waals surface area contributed by atoms with E-state index in [1.54, 1.807) is 11.3 Å². The van der Waals surface area contributed by atoms with Crippen molar-refractivity contribution in [1.82, 2.24) is 4.98 Å². The topological polar surface area (TPSA) is 29.3 Å². The van der Waals surface area contributed by atoms with Crippen molar-refractivity contribution in [3.05, 3.63) is 182 Å². The fourth-order valence-electron chi connectivity index (χ4n) is 7.21. The number of nitrogens with zero attached hydrogens (tertiary/aromatic N) is 2. The average molecular weight is 671 g/mol. The molecule has 4 heteroatoms. The Balaban J connectivity index is 1.12. The Bertz CT molecular complexity index is 2830. The van der Waals surface area contributed by atoms with Crippen LogP contribution >= 0.6 is 11.3 Å². The summed E-state index contributed by atoms with van der Waals surface area (Å²) < 4.78 is 7.91. The first-order chi connectivity index (χ1) is 25.3. The first-order valence-electron chi connectivity index (χ1n) is 17.1.